The van der Waals surface area contributed by atoms with E-state index in [9.17, 15) is 19.2 Å². The van der Waals surface area contributed by atoms with E-state index in [0.717, 1.165) is 4.90 Å². The molecular weight excluding hydrogens is 374 g/mol. The van der Waals surface area contributed by atoms with Crippen LogP contribution in [0.3, 0.4) is 0 Å². The van der Waals surface area contributed by atoms with E-state index in [0.29, 0.717) is 25.8 Å². The number of imide groups is 1. The number of nitrogens with one attached hydrogen (secondary N) is 2. The molecule has 1 heterocycles. The van der Waals surface area contributed by atoms with Crippen molar-refractivity contribution in [2.75, 3.05) is 40.9 Å². The second-order valence-corrected chi connectivity index (χ2v) is 5.56. The van der Waals surface area contributed by atoms with Crippen LogP contribution in [-0.2, 0) is 28.5 Å². The molecule has 0 saturated carbocycles. The molecule has 1 atom stereocenters. The van der Waals surface area contributed by atoms with Gasteiger partial charge in [-0.25, -0.2) is 9.59 Å². The molecule has 28 heavy (non-hydrogen) atoms. The van der Waals surface area contributed by atoms with E-state index in [1.165, 1.54) is 26.4 Å². The molecule has 0 aromatic heterocycles. The average Bonchev–Trinajstić information content (AvgIpc) is 2.96. The topological polar surface area (TPSA) is 132 Å². The SMILES string of the molecule is C.COCOC(=O)NCCCCC(CN1C(=O)C=CC1=O)NC(=O)OCOC. The van der Waals surface area contributed by atoms with Crippen molar-refractivity contribution in [3.8, 4) is 0 Å². The van der Waals surface area contributed by atoms with Gasteiger partial charge in [0, 0.05) is 39.5 Å². The molecule has 11 nitrogen and oxygen atoms in total. The third-order valence-electron chi connectivity index (χ3n) is 3.49. The number of ether oxygens (including phenoxy) is 4. The number of carbonyl (C=O) groups is 4. The van der Waals surface area contributed by atoms with E-state index in [-0.39, 0.29) is 27.6 Å². The predicted molar refractivity (Wildman–Crippen MR) is 98.1 cm³/mol. The van der Waals surface area contributed by atoms with Gasteiger partial charge in [-0.2, -0.15) is 0 Å². The van der Waals surface area contributed by atoms with Gasteiger partial charge in [0.05, 0.1) is 6.04 Å². The highest BCUT2D eigenvalue weighted by atomic mass is 16.7. The summed E-state index contributed by atoms with van der Waals surface area (Å²) < 4.78 is 18.7. The molecule has 0 bridgehead atoms. The molecule has 2 N–H and O–H groups in total. The molecule has 11 heteroatoms. The zero-order valence-electron chi connectivity index (χ0n) is 15.4. The first-order chi connectivity index (χ1) is 13.0. The number of amides is 4. The van der Waals surface area contributed by atoms with Crippen molar-refractivity contribution in [2.24, 2.45) is 0 Å². The molecule has 160 valence electrons. The van der Waals surface area contributed by atoms with Crippen LogP contribution in [-0.4, -0.2) is 75.8 Å². The van der Waals surface area contributed by atoms with E-state index >= 15 is 0 Å². The van der Waals surface area contributed by atoms with Crippen LogP contribution in [0, 0.1) is 0 Å². The highest BCUT2D eigenvalue weighted by Gasteiger charge is 2.27. The maximum absolute atomic E-state index is 11.7. The number of hydrogen-bond donors (Lipinski definition) is 2. The molecule has 1 aliphatic rings. The summed E-state index contributed by atoms with van der Waals surface area (Å²) in [6, 6.07) is -0.498. The maximum Gasteiger partial charge on any atom is 0.409 e. The number of methoxy groups -OCH3 is 2. The third kappa shape index (κ3) is 9.88. The lowest BCUT2D eigenvalue weighted by atomic mass is 10.1. The minimum atomic E-state index is -0.713. The summed E-state index contributed by atoms with van der Waals surface area (Å²) in [6.07, 6.45) is 2.74. The number of rotatable bonds is 12. The van der Waals surface area contributed by atoms with Crippen molar-refractivity contribution in [1.29, 1.82) is 0 Å². The lowest BCUT2D eigenvalue weighted by Crippen LogP contribution is -2.46. The summed E-state index contributed by atoms with van der Waals surface area (Å²) in [6.45, 7) is 0.0467. The second kappa shape index (κ2) is 14.4. The van der Waals surface area contributed by atoms with Crippen molar-refractivity contribution in [1.82, 2.24) is 15.5 Å². The molecule has 0 saturated heterocycles. The molecule has 1 unspecified atom stereocenters. The van der Waals surface area contributed by atoms with Gasteiger partial charge in [-0.1, -0.05) is 7.43 Å². The zero-order chi connectivity index (χ0) is 20.1. The molecular formula is C17H29N3O8. The summed E-state index contributed by atoms with van der Waals surface area (Å²) in [5.41, 5.74) is 0. The Morgan fingerprint density at radius 3 is 2.14 bits per heavy atom. The van der Waals surface area contributed by atoms with E-state index < -0.39 is 30.0 Å². The normalized spacial score (nSPS) is 13.7. The summed E-state index contributed by atoms with van der Waals surface area (Å²) in [7, 11) is 2.78. The summed E-state index contributed by atoms with van der Waals surface area (Å²) in [4.78, 5) is 47.4. The second-order valence-electron chi connectivity index (χ2n) is 5.56. The standard InChI is InChI=1S/C16H25N3O8.CH4/c1-24-10-26-15(22)17-8-4-3-5-12(18-16(23)27-11-25-2)9-19-13(20)6-7-14(19)21;/h6-7,12H,3-5,8-11H2,1-2H3,(H,17,22)(H,18,23);1H4. The Morgan fingerprint density at radius 1 is 1.00 bits per heavy atom. The Balaban J connectivity index is 0.00000729. The first-order valence-electron chi connectivity index (χ1n) is 8.33. The van der Waals surface area contributed by atoms with Gasteiger partial charge in [-0.3, -0.25) is 14.5 Å². The quantitative estimate of drug-likeness (QED) is 0.277. The lowest BCUT2D eigenvalue weighted by molar-refractivity contribution is -0.137. The van der Waals surface area contributed by atoms with Crippen LogP contribution in [0.4, 0.5) is 9.59 Å². The average molecular weight is 403 g/mol. The molecule has 0 fully saturated rings. The van der Waals surface area contributed by atoms with Gasteiger partial charge in [0.15, 0.2) is 13.6 Å². The molecule has 0 aliphatic carbocycles. The first kappa shape index (κ1) is 25.3. The molecule has 0 radical (unpaired) electrons. The van der Waals surface area contributed by atoms with Gasteiger partial charge < -0.3 is 29.6 Å². The number of nitrogens with zero attached hydrogens (tertiary/aromatic N) is 1. The number of hydrogen-bond acceptors (Lipinski definition) is 8. The van der Waals surface area contributed by atoms with Gasteiger partial charge in [-0.05, 0) is 19.3 Å². The van der Waals surface area contributed by atoms with Crippen LogP contribution >= 0.6 is 0 Å². The van der Waals surface area contributed by atoms with Crippen LogP contribution in [0.2, 0.25) is 0 Å². The Morgan fingerprint density at radius 2 is 1.57 bits per heavy atom. The largest absolute Gasteiger partial charge is 0.422 e. The number of carbonyl (C=O) groups excluding carboxylic acids is 4. The monoisotopic (exact) mass is 403 g/mol. The van der Waals surface area contributed by atoms with Crippen LogP contribution in [0.1, 0.15) is 26.7 Å². The van der Waals surface area contributed by atoms with E-state index in [2.05, 4.69) is 24.8 Å². The Bertz CT molecular complexity index is 535. The van der Waals surface area contributed by atoms with Crippen LogP contribution in [0.25, 0.3) is 0 Å². The molecule has 0 aromatic carbocycles. The molecule has 1 aliphatic heterocycles. The fourth-order valence-corrected chi connectivity index (χ4v) is 2.23. The smallest absolute Gasteiger partial charge is 0.409 e. The van der Waals surface area contributed by atoms with Gasteiger partial charge in [0.2, 0.25) is 0 Å². The summed E-state index contributed by atoms with van der Waals surface area (Å²) >= 11 is 0. The maximum atomic E-state index is 11.7. The fourth-order valence-electron chi connectivity index (χ4n) is 2.23. The highest BCUT2D eigenvalue weighted by molar-refractivity contribution is 6.12. The van der Waals surface area contributed by atoms with Crippen molar-refractivity contribution in [2.45, 2.75) is 32.7 Å². The summed E-state index contributed by atoms with van der Waals surface area (Å²) in [5, 5.41) is 5.15. The molecule has 0 spiro atoms. The Kier molecular flexibility index (Phi) is 13.0. The Labute approximate surface area is 164 Å². The van der Waals surface area contributed by atoms with Crippen molar-refractivity contribution in [3.63, 3.8) is 0 Å². The van der Waals surface area contributed by atoms with Gasteiger partial charge in [-0.15, -0.1) is 0 Å². The van der Waals surface area contributed by atoms with E-state index in [1.807, 2.05) is 0 Å². The zero-order valence-corrected chi connectivity index (χ0v) is 15.4. The van der Waals surface area contributed by atoms with Crippen molar-refractivity contribution in [3.05, 3.63) is 12.2 Å². The molecule has 1 rings (SSSR count). The van der Waals surface area contributed by atoms with Gasteiger partial charge >= 0.3 is 12.2 Å². The third-order valence-corrected chi connectivity index (χ3v) is 3.49. The van der Waals surface area contributed by atoms with Crippen molar-refractivity contribution < 1.29 is 38.1 Å². The van der Waals surface area contributed by atoms with Crippen LogP contribution in [0.5, 0.6) is 0 Å². The molecule has 0 aromatic rings. The van der Waals surface area contributed by atoms with Gasteiger partial charge in [0.1, 0.15) is 0 Å². The first-order valence-corrected chi connectivity index (χ1v) is 8.33. The minimum Gasteiger partial charge on any atom is -0.422 e. The van der Waals surface area contributed by atoms with Crippen molar-refractivity contribution >= 4 is 24.0 Å². The van der Waals surface area contributed by atoms with Crippen LogP contribution < -0.4 is 10.6 Å². The lowest BCUT2D eigenvalue weighted by Gasteiger charge is -2.23. The predicted octanol–water partition coefficient (Wildman–Crippen LogP) is 0.747. The fraction of sp³-hybridized carbons (Fsp3) is 0.647. The van der Waals surface area contributed by atoms with Gasteiger partial charge in [0.25, 0.3) is 11.8 Å². The number of unbranched alkanes of at least 4 members (excludes halogenated alkanes) is 1. The number of alkyl carbamates (subject to hydrolysis) is 2. The minimum absolute atomic E-state index is 0. The summed E-state index contributed by atoms with van der Waals surface area (Å²) in [5.74, 6) is -0.862. The Hall–Kier alpha value is -2.66. The van der Waals surface area contributed by atoms with Crippen LogP contribution in [0.15, 0.2) is 12.2 Å². The van der Waals surface area contributed by atoms with E-state index in [1.54, 1.807) is 0 Å². The van der Waals surface area contributed by atoms with E-state index in [4.69, 9.17) is 4.74 Å². The molecule has 4 amide bonds. The highest BCUT2D eigenvalue weighted by Crippen LogP contribution is 2.09.